The molecule has 0 spiro atoms. The van der Waals surface area contributed by atoms with Gasteiger partial charge in [0.15, 0.2) is 0 Å². The lowest BCUT2D eigenvalue weighted by Crippen LogP contribution is -2.44. The highest BCUT2D eigenvalue weighted by molar-refractivity contribution is 5.94. The molecule has 1 aliphatic heterocycles. The van der Waals surface area contributed by atoms with Crippen LogP contribution in [0.3, 0.4) is 0 Å². The molecule has 0 radical (unpaired) electrons. The van der Waals surface area contributed by atoms with E-state index in [0.29, 0.717) is 31.8 Å². The minimum atomic E-state index is -0.135. The largest absolute Gasteiger partial charge is 0.490 e. The Morgan fingerprint density at radius 2 is 1.91 bits per heavy atom. The van der Waals surface area contributed by atoms with E-state index in [0.717, 1.165) is 29.8 Å². The van der Waals surface area contributed by atoms with Crippen LogP contribution < -0.4 is 10.1 Å². The normalized spacial score (nSPS) is 15.4. The Bertz CT molecular complexity index is 1090. The molecule has 1 unspecified atom stereocenters. The second-order valence-electron chi connectivity index (χ2n) is 8.44. The fourth-order valence-electron chi connectivity index (χ4n) is 4.06. The van der Waals surface area contributed by atoms with E-state index in [4.69, 9.17) is 9.47 Å². The molecule has 3 aromatic rings. The van der Waals surface area contributed by atoms with Gasteiger partial charge in [-0.25, -0.2) is 4.98 Å². The number of amides is 2. The molecule has 1 fully saturated rings. The molecule has 1 aromatic carbocycles. The molecule has 0 aliphatic carbocycles. The number of piperidine rings is 1. The molecule has 1 N–H and O–H groups in total. The number of ether oxygens (including phenoxy) is 2. The number of carbonyl (C=O) groups is 2. The summed E-state index contributed by atoms with van der Waals surface area (Å²) in [6.07, 6.45) is 7.21. The van der Waals surface area contributed by atoms with Crippen molar-refractivity contribution < 1.29 is 19.1 Å². The van der Waals surface area contributed by atoms with Crippen molar-refractivity contribution in [3.63, 3.8) is 0 Å². The first-order chi connectivity index (χ1) is 16.0. The van der Waals surface area contributed by atoms with Crippen molar-refractivity contribution in [2.24, 2.45) is 5.92 Å². The number of rotatable bonds is 8. The number of nitrogens with zero attached hydrogens (tertiary/aromatic N) is 3. The van der Waals surface area contributed by atoms with Crippen molar-refractivity contribution in [1.29, 1.82) is 0 Å². The van der Waals surface area contributed by atoms with Crippen LogP contribution in [0.15, 0.2) is 55.0 Å². The Morgan fingerprint density at radius 3 is 2.64 bits per heavy atom. The van der Waals surface area contributed by atoms with Gasteiger partial charge < -0.3 is 24.1 Å². The zero-order valence-corrected chi connectivity index (χ0v) is 19.1. The molecule has 1 saturated heterocycles. The highest BCUT2D eigenvalue weighted by Gasteiger charge is 2.26. The fraction of sp³-hybridized carbons (Fsp3) is 0.400. The van der Waals surface area contributed by atoms with Crippen LogP contribution in [-0.2, 0) is 16.1 Å². The smallest absolute Gasteiger partial charge is 0.251 e. The quantitative estimate of drug-likeness (QED) is 0.570. The standard InChI is InChI=1S/C25H30N4O4/c1-18(17-32-2)25(31)28-12-9-22(10-13-28)33-21-6-4-20(5-7-21)24(30)27-15-19-3-8-23-26-11-14-29(23)16-19/h3-8,11,14,16,18,22H,9-10,12-13,15,17H2,1-2H3,(H,27,30). The number of pyridine rings is 1. The zero-order chi connectivity index (χ0) is 23.2. The minimum absolute atomic E-state index is 0.0598. The molecular weight excluding hydrogens is 420 g/mol. The van der Waals surface area contributed by atoms with Crippen molar-refractivity contribution in [2.45, 2.75) is 32.4 Å². The van der Waals surface area contributed by atoms with Crippen LogP contribution in [0.25, 0.3) is 5.65 Å². The number of nitrogens with one attached hydrogen (secondary N) is 1. The lowest BCUT2D eigenvalue weighted by atomic mass is 10.0. The van der Waals surface area contributed by atoms with Gasteiger partial charge in [-0.3, -0.25) is 9.59 Å². The van der Waals surface area contributed by atoms with Gasteiger partial charge in [-0.1, -0.05) is 13.0 Å². The van der Waals surface area contributed by atoms with Gasteiger partial charge >= 0.3 is 0 Å². The minimum Gasteiger partial charge on any atom is -0.490 e. The first-order valence-corrected chi connectivity index (χ1v) is 11.3. The van der Waals surface area contributed by atoms with Gasteiger partial charge in [0.25, 0.3) is 5.91 Å². The number of hydrogen-bond acceptors (Lipinski definition) is 5. The van der Waals surface area contributed by atoms with Crippen molar-refractivity contribution in [2.75, 3.05) is 26.8 Å². The van der Waals surface area contributed by atoms with Gasteiger partial charge in [0.2, 0.25) is 5.91 Å². The molecule has 2 aromatic heterocycles. The lowest BCUT2D eigenvalue weighted by Gasteiger charge is -2.33. The van der Waals surface area contributed by atoms with Crippen LogP contribution in [0.4, 0.5) is 0 Å². The van der Waals surface area contributed by atoms with E-state index in [1.165, 1.54) is 0 Å². The monoisotopic (exact) mass is 450 g/mol. The lowest BCUT2D eigenvalue weighted by molar-refractivity contribution is -0.138. The predicted octanol–water partition coefficient (Wildman–Crippen LogP) is 2.92. The van der Waals surface area contributed by atoms with Gasteiger partial charge in [-0.15, -0.1) is 0 Å². The van der Waals surface area contributed by atoms with E-state index in [1.54, 1.807) is 25.4 Å². The molecule has 1 atom stereocenters. The third-order valence-electron chi connectivity index (χ3n) is 5.91. The summed E-state index contributed by atoms with van der Waals surface area (Å²) in [5.74, 6) is 0.606. The molecule has 1 aliphatic rings. The number of benzene rings is 1. The summed E-state index contributed by atoms with van der Waals surface area (Å²) in [5, 5.41) is 2.95. The molecule has 0 saturated carbocycles. The van der Waals surface area contributed by atoms with Crippen LogP contribution in [0.2, 0.25) is 0 Å². The maximum atomic E-state index is 12.5. The summed E-state index contributed by atoms with van der Waals surface area (Å²) < 4.78 is 13.1. The Kier molecular flexibility index (Phi) is 7.24. The van der Waals surface area contributed by atoms with E-state index >= 15 is 0 Å². The van der Waals surface area contributed by atoms with Crippen molar-refractivity contribution in [1.82, 2.24) is 19.6 Å². The SMILES string of the molecule is COCC(C)C(=O)N1CCC(Oc2ccc(C(=O)NCc3ccc4nccn4c3)cc2)CC1. The molecule has 2 amide bonds. The van der Waals surface area contributed by atoms with E-state index in [-0.39, 0.29) is 23.8 Å². The number of imidazole rings is 1. The van der Waals surface area contributed by atoms with Gasteiger partial charge in [0.1, 0.15) is 17.5 Å². The van der Waals surface area contributed by atoms with E-state index in [1.807, 2.05) is 52.9 Å². The first kappa shape index (κ1) is 22.8. The van der Waals surface area contributed by atoms with Crippen LogP contribution in [0.5, 0.6) is 5.75 Å². The van der Waals surface area contributed by atoms with Crippen molar-refractivity contribution in [3.05, 3.63) is 66.1 Å². The van der Waals surface area contributed by atoms with Gasteiger partial charge in [0.05, 0.1) is 12.5 Å². The van der Waals surface area contributed by atoms with Gasteiger partial charge in [-0.2, -0.15) is 0 Å². The van der Waals surface area contributed by atoms with Crippen LogP contribution in [-0.4, -0.2) is 59.0 Å². The maximum absolute atomic E-state index is 12.5. The second-order valence-corrected chi connectivity index (χ2v) is 8.44. The molecular formula is C25H30N4O4. The van der Waals surface area contributed by atoms with Crippen molar-refractivity contribution in [3.8, 4) is 5.75 Å². The molecule has 0 bridgehead atoms. The summed E-state index contributed by atoms with van der Waals surface area (Å²) in [5.41, 5.74) is 2.45. The number of carbonyl (C=O) groups excluding carboxylic acids is 2. The summed E-state index contributed by atoms with van der Waals surface area (Å²) in [6.45, 7) is 4.14. The second kappa shape index (κ2) is 10.5. The number of fused-ring (bicyclic) bond motifs is 1. The molecule has 3 heterocycles. The molecule has 8 heteroatoms. The number of methoxy groups -OCH3 is 1. The number of hydrogen-bond donors (Lipinski definition) is 1. The average molecular weight is 451 g/mol. The Labute approximate surface area is 193 Å². The Balaban J connectivity index is 1.24. The average Bonchev–Trinajstić information content (AvgIpc) is 3.31. The summed E-state index contributed by atoms with van der Waals surface area (Å²) in [6, 6.07) is 11.1. The highest BCUT2D eigenvalue weighted by atomic mass is 16.5. The van der Waals surface area contributed by atoms with E-state index < -0.39 is 0 Å². The maximum Gasteiger partial charge on any atom is 0.251 e. The topological polar surface area (TPSA) is 85.2 Å². The fourth-order valence-corrected chi connectivity index (χ4v) is 4.06. The van der Waals surface area contributed by atoms with Crippen molar-refractivity contribution >= 4 is 17.5 Å². The predicted molar refractivity (Wildman–Crippen MR) is 124 cm³/mol. The van der Waals surface area contributed by atoms with E-state index in [2.05, 4.69) is 10.3 Å². The van der Waals surface area contributed by atoms with Crippen LogP contribution in [0.1, 0.15) is 35.7 Å². The molecule has 8 nitrogen and oxygen atoms in total. The molecule has 4 rings (SSSR count). The zero-order valence-electron chi connectivity index (χ0n) is 19.1. The van der Waals surface area contributed by atoms with Crippen LogP contribution >= 0.6 is 0 Å². The Hall–Kier alpha value is -3.39. The van der Waals surface area contributed by atoms with Gasteiger partial charge in [0, 0.05) is 63.7 Å². The third-order valence-corrected chi connectivity index (χ3v) is 5.91. The Morgan fingerprint density at radius 1 is 1.15 bits per heavy atom. The first-order valence-electron chi connectivity index (χ1n) is 11.3. The summed E-state index contributed by atoms with van der Waals surface area (Å²) in [7, 11) is 1.61. The third kappa shape index (κ3) is 5.70. The molecule has 33 heavy (non-hydrogen) atoms. The number of likely N-dealkylation sites (tertiary alicyclic amines) is 1. The highest BCUT2D eigenvalue weighted by Crippen LogP contribution is 2.21. The number of aromatic nitrogens is 2. The molecule has 174 valence electrons. The van der Waals surface area contributed by atoms with Crippen LogP contribution in [0, 0.1) is 5.92 Å². The van der Waals surface area contributed by atoms with Gasteiger partial charge in [-0.05, 0) is 35.9 Å². The van der Waals surface area contributed by atoms with E-state index in [9.17, 15) is 9.59 Å². The summed E-state index contributed by atoms with van der Waals surface area (Å²) >= 11 is 0. The summed E-state index contributed by atoms with van der Waals surface area (Å²) in [4.78, 5) is 31.0.